The van der Waals surface area contributed by atoms with Crippen LogP contribution in [0.1, 0.15) is 41.5 Å². The Bertz CT molecular complexity index is 123. The lowest BCUT2D eigenvalue weighted by Gasteiger charge is -2.39. The van der Waals surface area contributed by atoms with Crippen molar-refractivity contribution >= 4 is 6.29 Å². The van der Waals surface area contributed by atoms with Gasteiger partial charge in [0.25, 0.3) is 0 Å². The SMILES string of the molecule is CC(C)C([C]=O)(C(C)C)C(C)C. The second-order valence-electron chi connectivity index (χ2n) is 4.50. The molecule has 0 amide bonds. The van der Waals surface area contributed by atoms with Gasteiger partial charge in [0.15, 0.2) is 0 Å². The Morgan fingerprint density at radius 2 is 1.08 bits per heavy atom. The minimum absolute atomic E-state index is 0.264. The second-order valence-corrected chi connectivity index (χ2v) is 4.50. The highest BCUT2D eigenvalue weighted by Gasteiger charge is 2.40. The molecule has 0 heterocycles. The highest BCUT2D eigenvalue weighted by atomic mass is 16.1. The topological polar surface area (TPSA) is 17.1 Å². The molecule has 71 valence electrons. The molecule has 0 bridgehead atoms. The molecule has 0 aliphatic heterocycles. The third-order valence-corrected chi connectivity index (χ3v) is 3.04. The lowest BCUT2D eigenvalue weighted by Crippen LogP contribution is -2.39. The molecule has 0 aliphatic rings. The fourth-order valence-electron chi connectivity index (χ4n) is 2.35. The molecule has 0 saturated heterocycles. The average Bonchev–Trinajstić information content (AvgIpc) is 1.86. The minimum Gasteiger partial charge on any atom is -0.290 e. The van der Waals surface area contributed by atoms with Gasteiger partial charge in [0.1, 0.15) is 0 Å². The Hall–Kier alpha value is -0.330. The van der Waals surface area contributed by atoms with Crippen molar-refractivity contribution in [3.05, 3.63) is 0 Å². The molecule has 0 aromatic heterocycles. The zero-order chi connectivity index (χ0) is 9.94. The fraction of sp³-hybridized carbons (Fsp3) is 0.909. The maximum absolute atomic E-state index is 11.0. The van der Waals surface area contributed by atoms with Gasteiger partial charge in [-0.1, -0.05) is 41.5 Å². The summed E-state index contributed by atoms with van der Waals surface area (Å²) >= 11 is 0. The first-order chi connectivity index (χ1) is 5.39. The smallest absolute Gasteiger partial charge is 0.205 e. The molecule has 0 rings (SSSR count). The van der Waals surface area contributed by atoms with Gasteiger partial charge in [-0.25, -0.2) is 0 Å². The third-order valence-electron chi connectivity index (χ3n) is 3.04. The monoisotopic (exact) mass is 169 g/mol. The van der Waals surface area contributed by atoms with Crippen LogP contribution in [0, 0.1) is 23.2 Å². The van der Waals surface area contributed by atoms with Crippen molar-refractivity contribution in [1.29, 1.82) is 0 Å². The number of carbonyl (C=O) groups excluding carboxylic acids is 1. The zero-order valence-electron chi connectivity index (χ0n) is 9.14. The average molecular weight is 169 g/mol. The van der Waals surface area contributed by atoms with E-state index in [1.165, 1.54) is 0 Å². The predicted octanol–water partition coefficient (Wildman–Crippen LogP) is 3.05. The van der Waals surface area contributed by atoms with E-state index < -0.39 is 0 Å². The van der Waals surface area contributed by atoms with Gasteiger partial charge in [-0.05, 0) is 17.8 Å². The van der Waals surface area contributed by atoms with Crippen LogP contribution in [-0.4, -0.2) is 6.29 Å². The molecule has 1 radical (unpaired) electrons. The van der Waals surface area contributed by atoms with Crippen LogP contribution in [0.5, 0.6) is 0 Å². The molecular weight excluding hydrogens is 148 g/mol. The van der Waals surface area contributed by atoms with Crippen molar-refractivity contribution in [3.8, 4) is 0 Å². The van der Waals surface area contributed by atoms with E-state index in [1.54, 1.807) is 0 Å². The van der Waals surface area contributed by atoms with Crippen LogP contribution < -0.4 is 0 Å². The van der Waals surface area contributed by atoms with Crippen molar-refractivity contribution in [3.63, 3.8) is 0 Å². The van der Waals surface area contributed by atoms with Crippen LogP contribution in [0.3, 0.4) is 0 Å². The molecule has 0 saturated carbocycles. The van der Waals surface area contributed by atoms with Crippen LogP contribution >= 0.6 is 0 Å². The van der Waals surface area contributed by atoms with Gasteiger partial charge in [0.05, 0.1) is 0 Å². The summed E-state index contributed by atoms with van der Waals surface area (Å²) in [6.07, 6.45) is 2.26. The third kappa shape index (κ3) is 1.70. The van der Waals surface area contributed by atoms with Gasteiger partial charge >= 0.3 is 0 Å². The fourth-order valence-corrected chi connectivity index (χ4v) is 2.35. The van der Waals surface area contributed by atoms with E-state index in [4.69, 9.17) is 0 Å². The molecule has 0 aromatic rings. The van der Waals surface area contributed by atoms with Gasteiger partial charge in [0, 0.05) is 5.41 Å². The van der Waals surface area contributed by atoms with Crippen LogP contribution in [-0.2, 0) is 4.79 Å². The van der Waals surface area contributed by atoms with E-state index in [2.05, 4.69) is 47.8 Å². The summed E-state index contributed by atoms with van der Waals surface area (Å²) in [5.74, 6) is 1.11. The molecule has 0 unspecified atom stereocenters. The minimum atomic E-state index is -0.264. The summed E-state index contributed by atoms with van der Waals surface area (Å²) in [6.45, 7) is 12.6. The zero-order valence-corrected chi connectivity index (χ0v) is 9.14. The highest BCUT2D eigenvalue weighted by Crippen LogP contribution is 2.40. The van der Waals surface area contributed by atoms with Crippen LogP contribution in [0.15, 0.2) is 0 Å². The van der Waals surface area contributed by atoms with Crippen LogP contribution in [0.25, 0.3) is 0 Å². The lowest BCUT2D eigenvalue weighted by molar-refractivity contribution is 0.131. The molecule has 0 atom stereocenters. The van der Waals surface area contributed by atoms with Crippen molar-refractivity contribution in [2.45, 2.75) is 41.5 Å². The maximum atomic E-state index is 11.0. The Labute approximate surface area is 76.6 Å². The summed E-state index contributed by atoms with van der Waals surface area (Å²) < 4.78 is 0. The largest absolute Gasteiger partial charge is 0.290 e. The van der Waals surface area contributed by atoms with Crippen molar-refractivity contribution < 1.29 is 4.79 Å². The normalized spacial score (nSPS) is 13.1. The summed E-state index contributed by atoms with van der Waals surface area (Å²) in [5.41, 5.74) is -0.264. The molecule has 0 aromatic carbocycles. The first-order valence-electron chi connectivity index (χ1n) is 4.78. The van der Waals surface area contributed by atoms with Crippen molar-refractivity contribution in [2.75, 3.05) is 0 Å². The van der Waals surface area contributed by atoms with Crippen molar-refractivity contribution in [1.82, 2.24) is 0 Å². The Morgan fingerprint density at radius 1 is 0.833 bits per heavy atom. The van der Waals surface area contributed by atoms with Gasteiger partial charge in [-0.2, -0.15) is 0 Å². The van der Waals surface area contributed by atoms with Crippen molar-refractivity contribution in [2.24, 2.45) is 23.2 Å². The molecule has 0 fully saturated rings. The first kappa shape index (κ1) is 11.7. The molecule has 0 aliphatic carbocycles. The van der Waals surface area contributed by atoms with E-state index in [-0.39, 0.29) is 5.41 Å². The van der Waals surface area contributed by atoms with Crippen LogP contribution in [0.4, 0.5) is 0 Å². The Morgan fingerprint density at radius 3 is 1.08 bits per heavy atom. The first-order valence-corrected chi connectivity index (χ1v) is 4.78. The quantitative estimate of drug-likeness (QED) is 0.632. The maximum Gasteiger partial charge on any atom is 0.205 e. The summed E-state index contributed by atoms with van der Waals surface area (Å²) in [5, 5.41) is 0. The lowest BCUT2D eigenvalue weighted by atomic mass is 9.63. The molecule has 1 nitrogen and oxygen atoms in total. The molecule has 1 heteroatoms. The standard InChI is InChI=1S/C11H21O/c1-8(2)11(7-12,9(3)4)10(5)6/h8-10H,1-6H3. The number of hydrogen-bond acceptors (Lipinski definition) is 1. The molecule has 0 spiro atoms. The molecule has 12 heavy (non-hydrogen) atoms. The van der Waals surface area contributed by atoms with E-state index in [0.717, 1.165) is 0 Å². The molecular formula is C11H21O. The van der Waals surface area contributed by atoms with E-state index in [0.29, 0.717) is 17.8 Å². The number of rotatable bonds is 4. The van der Waals surface area contributed by atoms with E-state index in [9.17, 15) is 4.79 Å². The summed E-state index contributed by atoms with van der Waals surface area (Å²) in [6, 6.07) is 0. The second kappa shape index (κ2) is 4.06. The van der Waals surface area contributed by atoms with Crippen LogP contribution in [0.2, 0.25) is 0 Å². The Balaban J connectivity index is 4.89. The molecule has 0 N–H and O–H groups in total. The Kier molecular flexibility index (Phi) is 3.95. The van der Waals surface area contributed by atoms with Gasteiger partial charge in [0.2, 0.25) is 6.29 Å². The van der Waals surface area contributed by atoms with E-state index >= 15 is 0 Å². The van der Waals surface area contributed by atoms with E-state index in [1.807, 2.05) is 0 Å². The highest BCUT2D eigenvalue weighted by molar-refractivity contribution is 5.61. The predicted molar refractivity (Wildman–Crippen MR) is 52.6 cm³/mol. The van der Waals surface area contributed by atoms with Gasteiger partial charge in [-0.15, -0.1) is 0 Å². The van der Waals surface area contributed by atoms with Gasteiger partial charge in [-0.3, -0.25) is 4.79 Å². The summed E-state index contributed by atoms with van der Waals surface area (Å²) in [4.78, 5) is 11.0. The summed E-state index contributed by atoms with van der Waals surface area (Å²) in [7, 11) is 0. The number of hydrogen-bond donors (Lipinski definition) is 0. The van der Waals surface area contributed by atoms with Gasteiger partial charge < -0.3 is 0 Å².